The minimum absolute atomic E-state index is 0.221. The first-order chi connectivity index (χ1) is 25.6. The molecule has 2 saturated carbocycles. The molecule has 1 amide bonds. The van der Waals surface area contributed by atoms with E-state index >= 15 is 0 Å². The number of nitrogens with one attached hydrogen (secondary N) is 2. The predicted octanol–water partition coefficient (Wildman–Crippen LogP) is 6.36. The largest absolute Gasteiger partial charge is 0.481 e. The molecule has 2 fully saturated rings. The molecule has 4 N–H and O–H groups in total. The van der Waals surface area contributed by atoms with Crippen molar-refractivity contribution in [3.8, 4) is 28.4 Å². The van der Waals surface area contributed by atoms with Crippen molar-refractivity contribution in [3.63, 3.8) is 0 Å². The highest BCUT2D eigenvalue weighted by molar-refractivity contribution is 6.39. The quantitative estimate of drug-likeness (QED) is 0.136. The Labute approximate surface area is 318 Å². The number of amides is 1. The number of hydrogen-bond donors (Lipinski definition) is 4. The van der Waals surface area contributed by atoms with Gasteiger partial charge in [-0.3, -0.25) is 19.5 Å². The third-order valence-electron chi connectivity index (χ3n) is 11.0. The number of fused-ring (bicyclic) bond motifs is 1. The van der Waals surface area contributed by atoms with Crippen LogP contribution in [0.5, 0.6) is 5.88 Å². The van der Waals surface area contributed by atoms with Crippen molar-refractivity contribution in [2.45, 2.75) is 76.6 Å². The van der Waals surface area contributed by atoms with E-state index in [1.54, 1.807) is 37.6 Å². The van der Waals surface area contributed by atoms with Crippen LogP contribution in [0.2, 0.25) is 10.0 Å². The van der Waals surface area contributed by atoms with Gasteiger partial charge in [-0.15, -0.1) is 0 Å². The van der Waals surface area contributed by atoms with Gasteiger partial charge in [0.1, 0.15) is 0 Å². The van der Waals surface area contributed by atoms with Crippen LogP contribution in [0.4, 0.5) is 5.69 Å². The molecule has 7 rings (SSSR count). The van der Waals surface area contributed by atoms with E-state index in [4.69, 9.17) is 37.9 Å². The zero-order chi connectivity index (χ0) is 37.2. The number of benzene rings is 1. The van der Waals surface area contributed by atoms with E-state index in [1.165, 1.54) is 0 Å². The monoisotopic (exact) mass is 761 g/mol. The fraction of sp³-hybridized carbons (Fsp3) is 0.462. The lowest BCUT2D eigenvalue weighted by Crippen LogP contribution is -2.36. The van der Waals surface area contributed by atoms with Gasteiger partial charge in [0, 0.05) is 74.3 Å². The Bertz CT molecular complexity index is 2000. The van der Waals surface area contributed by atoms with Crippen molar-refractivity contribution >= 4 is 40.8 Å². The minimum atomic E-state index is -0.685. The molecule has 4 aromatic rings. The number of halogens is 2. The molecule has 2 aliphatic carbocycles. The van der Waals surface area contributed by atoms with Crippen LogP contribution in [0.3, 0.4) is 0 Å². The second-order valence-corrected chi connectivity index (χ2v) is 15.2. The van der Waals surface area contributed by atoms with Gasteiger partial charge in [-0.25, -0.2) is 9.97 Å². The van der Waals surface area contributed by atoms with Gasteiger partial charge < -0.3 is 30.2 Å². The molecule has 0 unspecified atom stereocenters. The molecule has 0 spiro atoms. The number of aliphatic hydroxyl groups excluding tert-OH is 1. The molecule has 4 heterocycles. The fourth-order valence-electron chi connectivity index (χ4n) is 8.05. The molecule has 280 valence electrons. The summed E-state index contributed by atoms with van der Waals surface area (Å²) >= 11 is 14.0. The Morgan fingerprint density at radius 2 is 1.81 bits per heavy atom. The zero-order valence-corrected chi connectivity index (χ0v) is 31.5. The number of aliphatic carboxylic acids is 1. The molecule has 53 heavy (non-hydrogen) atoms. The van der Waals surface area contributed by atoms with Gasteiger partial charge >= 0.3 is 5.97 Å². The average Bonchev–Trinajstić information content (AvgIpc) is 3.73. The number of rotatable bonds is 11. The van der Waals surface area contributed by atoms with E-state index in [0.717, 1.165) is 81.4 Å². The van der Waals surface area contributed by atoms with Gasteiger partial charge in [0.05, 0.1) is 51.9 Å². The van der Waals surface area contributed by atoms with E-state index in [1.807, 2.05) is 23.7 Å². The average molecular weight is 763 g/mol. The number of methoxy groups -OCH3 is 1. The summed E-state index contributed by atoms with van der Waals surface area (Å²) in [5.74, 6) is -0.0201. The summed E-state index contributed by atoms with van der Waals surface area (Å²) in [5, 5.41) is 26.3. The summed E-state index contributed by atoms with van der Waals surface area (Å²) in [5.41, 5.74) is 5.49. The molecule has 0 bridgehead atoms. The van der Waals surface area contributed by atoms with Crippen molar-refractivity contribution < 1.29 is 24.5 Å². The molecule has 14 heteroatoms. The summed E-state index contributed by atoms with van der Waals surface area (Å²) < 4.78 is 7.50. The molecular weight excluding hydrogens is 717 g/mol. The number of carbonyl (C=O) groups excluding carboxylic acids is 1. The molecule has 0 saturated heterocycles. The molecule has 1 aliphatic heterocycles. The molecule has 2 atom stereocenters. The summed E-state index contributed by atoms with van der Waals surface area (Å²) in [7, 11) is 3.45. The van der Waals surface area contributed by atoms with Gasteiger partial charge in [0.25, 0.3) is 5.91 Å². The van der Waals surface area contributed by atoms with E-state index in [9.17, 15) is 19.8 Å². The van der Waals surface area contributed by atoms with Gasteiger partial charge in [-0.1, -0.05) is 41.4 Å². The van der Waals surface area contributed by atoms with Gasteiger partial charge in [-0.05, 0) is 69.1 Å². The summed E-state index contributed by atoms with van der Waals surface area (Å²) in [6.07, 6.45) is 7.96. The molecule has 12 nitrogen and oxygen atoms in total. The van der Waals surface area contributed by atoms with Crippen LogP contribution < -0.4 is 15.4 Å². The maximum absolute atomic E-state index is 13.7. The minimum Gasteiger partial charge on any atom is -0.481 e. The zero-order valence-electron chi connectivity index (χ0n) is 29.9. The number of aliphatic hydroxyl groups is 1. The third-order valence-corrected chi connectivity index (χ3v) is 11.8. The molecule has 0 radical (unpaired) electrons. The van der Waals surface area contributed by atoms with E-state index in [2.05, 4.69) is 20.5 Å². The lowest BCUT2D eigenvalue weighted by Gasteiger charge is -2.33. The fourth-order valence-corrected chi connectivity index (χ4v) is 8.62. The number of hydrogen-bond acceptors (Lipinski definition) is 9. The number of nitrogens with zero attached hydrogens (tertiary/aromatic N) is 5. The number of ether oxygens (including phenoxy) is 1. The van der Waals surface area contributed by atoms with Gasteiger partial charge in [0.2, 0.25) is 5.88 Å². The maximum Gasteiger partial charge on any atom is 0.306 e. The lowest BCUT2D eigenvalue weighted by atomic mass is 9.81. The Balaban J connectivity index is 1.04. The van der Waals surface area contributed by atoms with E-state index in [-0.39, 0.29) is 24.0 Å². The van der Waals surface area contributed by atoms with Crippen molar-refractivity contribution in [1.82, 2.24) is 29.7 Å². The number of aromatic nitrogens is 4. The smallest absolute Gasteiger partial charge is 0.306 e. The Kier molecular flexibility index (Phi) is 11.3. The number of carboxylic acid groups (broad SMARTS) is 1. The molecule has 1 aromatic carbocycles. The van der Waals surface area contributed by atoms with Crippen molar-refractivity contribution in [1.29, 1.82) is 0 Å². The molecular formula is C39H45Cl2N7O5. The first-order valence-electron chi connectivity index (χ1n) is 18.3. The Hall–Kier alpha value is -4.07. The summed E-state index contributed by atoms with van der Waals surface area (Å²) in [6.45, 7) is 2.99. The SMILES string of the molecule is COc1nc(-c2ccnc(-c3cccc(NC(=O)c4nc5c(n4C)CCN(CC4CCC(C(=O)O)CC4)C5)c3Cl)c2Cl)ccc1CN[C@H]1CC[C@H](O)C1. The van der Waals surface area contributed by atoms with Crippen molar-refractivity contribution in [3.05, 3.63) is 75.4 Å². The van der Waals surface area contributed by atoms with Crippen LogP contribution in [-0.4, -0.2) is 78.9 Å². The Morgan fingerprint density at radius 3 is 2.55 bits per heavy atom. The number of pyridine rings is 2. The number of carboxylic acids is 1. The van der Waals surface area contributed by atoms with Crippen molar-refractivity contribution in [2.24, 2.45) is 18.9 Å². The van der Waals surface area contributed by atoms with Crippen LogP contribution in [0.25, 0.3) is 22.5 Å². The van der Waals surface area contributed by atoms with Crippen LogP contribution in [0, 0.1) is 11.8 Å². The Morgan fingerprint density at radius 1 is 1.00 bits per heavy atom. The van der Waals surface area contributed by atoms with Crippen molar-refractivity contribution in [2.75, 3.05) is 25.5 Å². The summed E-state index contributed by atoms with van der Waals surface area (Å²) in [4.78, 5) is 41.5. The maximum atomic E-state index is 13.7. The second-order valence-electron chi connectivity index (χ2n) is 14.5. The van der Waals surface area contributed by atoms with Crippen LogP contribution >= 0.6 is 23.2 Å². The molecule has 3 aliphatic rings. The highest BCUT2D eigenvalue weighted by Gasteiger charge is 2.31. The normalized spacial score (nSPS) is 21.7. The number of carbonyl (C=O) groups is 2. The highest BCUT2D eigenvalue weighted by Crippen LogP contribution is 2.40. The van der Waals surface area contributed by atoms with Crippen LogP contribution in [-0.2, 0) is 31.4 Å². The summed E-state index contributed by atoms with van der Waals surface area (Å²) in [6, 6.07) is 11.2. The number of anilines is 1. The topological polar surface area (TPSA) is 155 Å². The van der Waals surface area contributed by atoms with E-state index in [0.29, 0.717) is 69.0 Å². The first-order valence-corrected chi connectivity index (χ1v) is 19.0. The third kappa shape index (κ3) is 8.07. The van der Waals surface area contributed by atoms with E-state index < -0.39 is 5.97 Å². The predicted molar refractivity (Wildman–Crippen MR) is 203 cm³/mol. The second kappa shape index (κ2) is 16.1. The van der Waals surface area contributed by atoms with Crippen LogP contribution in [0.15, 0.2) is 42.6 Å². The highest BCUT2D eigenvalue weighted by atomic mass is 35.5. The first kappa shape index (κ1) is 37.3. The standard InChI is InChI=1S/C39H45Cl2N7O5/c1-47-32-15-17-48(20-22-6-8-23(9-7-22)39(51)52)21-31(32)44-36(47)37(50)45-30-5-3-4-28(33(30)40)35-34(41)27(14-16-42-35)29-13-10-24(38(46-29)53-2)19-43-25-11-12-26(49)18-25/h3-5,10,13-14,16,22-23,25-26,43,49H,6-9,11-12,15,17-21H2,1-2H3,(H,45,50)(H,51,52)/t22?,23?,25-,26-/m0/s1. The lowest BCUT2D eigenvalue weighted by molar-refractivity contribution is -0.143. The van der Waals surface area contributed by atoms with Crippen LogP contribution in [0.1, 0.15) is 72.5 Å². The van der Waals surface area contributed by atoms with Gasteiger partial charge in [0.15, 0.2) is 5.82 Å². The van der Waals surface area contributed by atoms with Gasteiger partial charge in [-0.2, -0.15) is 0 Å². The number of imidazole rings is 1. The molecule has 3 aromatic heterocycles.